The Labute approximate surface area is 102 Å². The van der Waals surface area contributed by atoms with Crippen molar-refractivity contribution < 1.29 is 19.1 Å². The average Bonchev–Trinajstić information content (AvgIpc) is 2.84. The molecular formula is C12H10N2O4. The third-order valence-electron chi connectivity index (χ3n) is 2.14. The lowest BCUT2D eigenvalue weighted by Crippen LogP contribution is -2.11. The molecule has 1 aromatic carbocycles. The quantitative estimate of drug-likeness (QED) is 0.776. The summed E-state index contributed by atoms with van der Waals surface area (Å²) in [6.45, 7) is 0. The van der Waals surface area contributed by atoms with Crippen LogP contribution in [0, 0.1) is 0 Å². The highest BCUT2D eigenvalue weighted by Gasteiger charge is 2.08. The second kappa shape index (κ2) is 5.05. The van der Waals surface area contributed by atoms with E-state index in [-0.39, 0.29) is 11.7 Å². The maximum atomic E-state index is 11.6. The molecule has 2 rings (SSSR count). The van der Waals surface area contributed by atoms with Crippen molar-refractivity contribution in [3.8, 4) is 0 Å². The Bertz CT molecular complexity index is 546. The number of carboxylic acid groups (broad SMARTS) is 1. The van der Waals surface area contributed by atoms with Crippen LogP contribution in [-0.4, -0.2) is 17.1 Å². The van der Waals surface area contributed by atoms with Crippen molar-refractivity contribution in [1.82, 2.24) is 0 Å². The Morgan fingerprint density at radius 2 is 1.61 bits per heavy atom. The SMILES string of the molecule is O=C(O)Nc1ccc(NC(=O)c2ccco2)cc1. The summed E-state index contributed by atoms with van der Waals surface area (Å²) < 4.78 is 4.94. The van der Waals surface area contributed by atoms with Crippen LogP contribution in [0.25, 0.3) is 0 Å². The minimum absolute atomic E-state index is 0.211. The van der Waals surface area contributed by atoms with Crippen LogP contribution in [0.5, 0.6) is 0 Å². The summed E-state index contributed by atoms with van der Waals surface area (Å²) in [5.41, 5.74) is 0.978. The van der Waals surface area contributed by atoms with Crippen LogP contribution < -0.4 is 10.6 Å². The maximum Gasteiger partial charge on any atom is 0.409 e. The molecule has 2 aromatic rings. The topological polar surface area (TPSA) is 91.6 Å². The van der Waals surface area contributed by atoms with Gasteiger partial charge in [-0.25, -0.2) is 4.79 Å². The molecule has 0 radical (unpaired) electrons. The van der Waals surface area contributed by atoms with Crippen LogP contribution in [0.4, 0.5) is 16.2 Å². The van der Waals surface area contributed by atoms with E-state index in [1.807, 2.05) is 0 Å². The summed E-state index contributed by atoms with van der Waals surface area (Å²) in [6, 6.07) is 9.44. The molecule has 1 heterocycles. The number of hydrogen-bond donors (Lipinski definition) is 3. The van der Waals surface area contributed by atoms with Crippen molar-refractivity contribution in [2.45, 2.75) is 0 Å². The van der Waals surface area contributed by atoms with Crippen molar-refractivity contribution in [3.63, 3.8) is 0 Å². The maximum absolute atomic E-state index is 11.6. The van der Waals surface area contributed by atoms with Gasteiger partial charge >= 0.3 is 6.09 Å². The molecule has 6 nitrogen and oxygen atoms in total. The van der Waals surface area contributed by atoms with Crippen molar-refractivity contribution in [2.75, 3.05) is 10.6 Å². The normalized spacial score (nSPS) is 9.78. The van der Waals surface area contributed by atoms with E-state index in [0.717, 1.165) is 0 Å². The Hall–Kier alpha value is -2.76. The van der Waals surface area contributed by atoms with Crippen LogP contribution in [0.2, 0.25) is 0 Å². The number of benzene rings is 1. The highest BCUT2D eigenvalue weighted by atomic mass is 16.4. The number of amides is 2. The third-order valence-corrected chi connectivity index (χ3v) is 2.14. The molecule has 92 valence electrons. The molecule has 0 saturated heterocycles. The van der Waals surface area contributed by atoms with E-state index in [0.29, 0.717) is 11.4 Å². The molecule has 0 unspecified atom stereocenters. The van der Waals surface area contributed by atoms with Crippen molar-refractivity contribution in [1.29, 1.82) is 0 Å². The third kappa shape index (κ3) is 2.88. The van der Waals surface area contributed by atoms with Gasteiger partial charge in [0.05, 0.1) is 6.26 Å². The first-order valence-corrected chi connectivity index (χ1v) is 5.10. The van der Waals surface area contributed by atoms with E-state index in [1.165, 1.54) is 6.26 Å². The predicted octanol–water partition coefficient (Wildman–Crippen LogP) is 2.62. The van der Waals surface area contributed by atoms with Crippen molar-refractivity contribution in [2.24, 2.45) is 0 Å². The monoisotopic (exact) mass is 246 g/mol. The highest BCUT2D eigenvalue weighted by molar-refractivity contribution is 6.02. The number of rotatable bonds is 3. The average molecular weight is 246 g/mol. The summed E-state index contributed by atoms with van der Waals surface area (Å²) in [6.07, 6.45) is 0.275. The number of carbonyl (C=O) groups excluding carboxylic acids is 1. The fourth-order valence-electron chi connectivity index (χ4n) is 1.36. The lowest BCUT2D eigenvalue weighted by Gasteiger charge is -2.04. The fraction of sp³-hybridized carbons (Fsp3) is 0. The molecule has 1 aromatic heterocycles. The Kier molecular flexibility index (Phi) is 3.29. The highest BCUT2D eigenvalue weighted by Crippen LogP contribution is 2.14. The molecular weight excluding hydrogens is 236 g/mol. The second-order valence-corrected chi connectivity index (χ2v) is 3.44. The first-order chi connectivity index (χ1) is 8.65. The number of hydrogen-bond acceptors (Lipinski definition) is 3. The molecule has 0 saturated carbocycles. The number of nitrogens with one attached hydrogen (secondary N) is 2. The van der Waals surface area contributed by atoms with Crippen LogP contribution in [0.3, 0.4) is 0 Å². The minimum Gasteiger partial charge on any atom is -0.465 e. The Morgan fingerprint density at radius 1 is 1.00 bits per heavy atom. The summed E-state index contributed by atoms with van der Waals surface area (Å²) in [5.74, 6) is -0.151. The van der Waals surface area contributed by atoms with E-state index in [9.17, 15) is 9.59 Å². The van der Waals surface area contributed by atoms with Gasteiger partial charge in [0, 0.05) is 11.4 Å². The minimum atomic E-state index is -1.14. The molecule has 0 aliphatic rings. The van der Waals surface area contributed by atoms with E-state index in [4.69, 9.17) is 9.52 Å². The number of anilines is 2. The summed E-state index contributed by atoms with van der Waals surface area (Å²) in [5, 5.41) is 13.3. The number of carbonyl (C=O) groups is 2. The van der Waals surface area contributed by atoms with Crippen molar-refractivity contribution >= 4 is 23.4 Å². The first kappa shape index (κ1) is 11.7. The standard InChI is InChI=1S/C12H10N2O4/c15-11(10-2-1-7-18-10)13-8-3-5-9(6-4-8)14-12(16)17/h1-7,14H,(H,13,15)(H,16,17). The zero-order valence-electron chi connectivity index (χ0n) is 9.21. The van der Waals surface area contributed by atoms with E-state index in [2.05, 4.69) is 10.6 Å². The molecule has 18 heavy (non-hydrogen) atoms. The molecule has 2 amide bonds. The van der Waals surface area contributed by atoms with Gasteiger partial charge in [-0.05, 0) is 36.4 Å². The van der Waals surface area contributed by atoms with Gasteiger partial charge in [0.1, 0.15) is 0 Å². The molecule has 0 aliphatic carbocycles. The van der Waals surface area contributed by atoms with Gasteiger partial charge in [-0.2, -0.15) is 0 Å². The first-order valence-electron chi connectivity index (χ1n) is 5.10. The molecule has 0 atom stereocenters. The van der Waals surface area contributed by atoms with Gasteiger partial charge in [0.25, 0.3) is 5.91 Å². The largest absolute Gasteiger partial charge is 0.465 e. The molecule has 6 heteroatoms. The molecule has 0 fully saturated rings. The predicted molar refractivity (Wildman–Crippen MR) is 64.8 cm³/mol. The van der Waals surface area contributed by atoms with Crippen LogP contribution in [-0.2, 0) is 0 Å². The summed E-state index contributed by atoms with van der Waals surface area (Å²) >= 11 is 0. The van der Waals surface area contributed by atoms with Crippen LogP contribution in [0.1, 0.15) is 10.6 Å². The summed E-state index contributed by atoms with van der Waals surface area (Å²) in [7, 11) is 0. The second-order valence-electron chi connectivity index (χ2n) is 3.44. The fourth-order valence-corrected chi connectivity index (χ4v) is 1.36. The zero-order chi connectivity index (χ0) is 13.0. The lowest BCUT2D eigenvalue weighted by atomic mass is 10.2. The van der Waals surface area contributed by atoms with Gasteiger partial charge < -0.3 is 14.8 Å². The van der Waals surface area contributed by atoms with E-state index >= 15 is 0 Å². The van der Waals surface area contributed by atoms with Crippen LogP contribution in [0.15, 0.2) is 47.1 Å². The molecule has 0 aliphatic heterocycles. The van der Waals surface area contributed by atoms with Crippen LogP contribution >= 0.6 is 0 Å². The molecule has 3 N–H and O–H groups in total. The van der Waals surface area contributed by atoms with E-state index in [1.54, 1.807) is 36.4 Å². The van der Waals surface area contributed by atoms with Gasteiger partial charge in [-0.1, -0.05) is 0 Å². The lowest BCUT2D eigenvalue weighted by molar-refractivity contribution is 0.0996. The summed E-state index contributed by atoms with van der Waals surface area (Å²) in [4.78, 5) is 22.0. The van der Waals surface area contributed by atoms with Gasteiger partial charge in [-0.3, -0.25) is 10.1 Å². The number of furan rings is 1. The van der Waals surface area contributed by atoms with Crippen molar-refractivity contribution in [3.05, 3.63) is 48.4 Å². The van der Waals surface area contributed by atoms with E-state index < -0.39 is 6.09 Å². The molecule has 0 spiro atoms. The van der Waals surface area contributed by atoms with Gasteiger partial charge in [-0.15, -0.1) is 0 Å². The smallest absolute Gasteiger partial charge is 0.409 e. The Balaban J connectivity index is 2.02. The van der Waals surface area contributed by atoms with Gasteiger partial charge in [0.2, 0.25) is 0 Å². The molecule has 0 bridgehead atoms. The zero-order valence-corrected chi connectivity index (χ0v) is 9.21. The Morgan fingerprint density at radius 3 is 2.11 bits per heavy atom. The van der Waals surface area contributed by atoms with Gasteiger partial charge in [0.15, 0.2) is 5.76 Å².